The van der Waals surface area contributed by atoms with E-state index in [-0.39, 0.29) is 0 Å². The normalized spacial score (nSPS) is 11.0. The molecule has 0 fully saturated rings. The van der Waals surface area contributed by atoms with Gasteiger partial charge < -0.3 is 10.7 Å². The van der Waals surface area contributed by atoms with Crippen molar-refractivity contribution in [3.05, 3.63) is 71.9 Å². The number of hydrazine groups is 1. The van der Waals surface area contributed by atoms with Crippen LogP contribution in [0.25, 0.3) is 5.70 Å². The highest BCUT2D eigenvalue weighted by Crippen LogP contribution is 2.16. The minimum absolute atomic E-state index is 0.739. The molecule has 0 saturated carbocycles. The van der Waals surface area contributed by atoms with Crippen LogP contribution in [-0.4, -0.2) is 13.3 Å². The molecule has 0 spiro atoms. The number of nitrogens with two attached hydrogens (primary N) is 1. The van der Waals surface area contributed by atoms with Crippen LogP contribution in [0.2, 0.25) is 0 Å². The van der Waals surface area contributed by atoms with E-state index >= 15 is 0 Å². The van der Waals surface area contributed by atoms with Gasteiger partial charge in [-0.1, -0.05) is 42.5 Å². The zero-order valence-electron chi connectivity index (χ0n) is 12.6. The Morgan fingerprint density at radius 1 is 1.14 bits per heavy atom. The highest BCUT2D eigenvalue weighted by Gasteiger charge is 2.01. The van der Waals surface area contributed by atoms with Crippen molar-refractivity contribution in [2.75, 3.05) is 11.9 Å². The number of hydrogen-bond acceptors (Lipinski definition) is 4. The second kappa shape index (κ2) is 8.64. The van der Waals surface area contributed by atoms with Crippen molar-refractivity contribution in [3.8, 4) is 0 Å². The molecular weight excluding hydrogens is 272 g/mol. The molecule has 2 rings (SSSR count). The van der Waals surface area contributed by atoms with E-state index in [4.69, 9.17) is 5.84 Å². The van der Waals surface area contributed by atoms with Gasteiger partial charge in [0.2, 0.25) is 0 Å². The van der Waals surface area contributed by atoms with Gasteiger partial charge in [-0.3, -0.25) is 10.8 Å². The number of nitrogens with one attached hydrogen (secondary N) is 2. The van der Waals surface area contributed by atoms with Crippen LogP contribution in [0.5, 0.6) is 0 Å². The van der Waals surface area contributed by atoms with Gasteiger partial charge in [0.15, 0.2) is 0 Å². The van der Waals surface area contributed by atoms with Crippen molar-refractivity contribution in [1.29, 1.82) is 0 Å². The lowest BCUT2D eigenvalue weighted by Crippen LogP contribution is -2.19. The van der Waals surface area contributed by atoms with E-state index in [1.54, 1.807) is 6.20 Å². The van der Waals surface area contributed by atoms with Crippen molar-refractivity contribution < 1.29 is 0 Å². The molecule has 0 aromatic heterocycles. The molecule has 0 saturated heterocycles. The Hall–Kier alpha value is -2.59. The molecule has 4 N–H and O–H groups in total. The van der Waals surface area contributed by atoms with Crippen LogP contribution in [-0.2, 0) is 6.42 Å². The van der Waals surface area contributed by atoms with Crippen LogP contribution >= 0.6 is 0 Å². The van der Waals surface area contributed by atoms with Gasteiger partial charge in [0, 0.05) is 17.8 Å². The quantitative estimate of drug-likeness (QED) is 0.303. The topological polar surface area (TPSA) is 62.4 Å². The van der Waals surface area contributed by atoms with Crippen molar-refractivity contribution in [2.45, 2.75) is 12.8 Å². The Kier molecular flexibility index (Phi) is 6.20. The number of aliphatic imine (C=N–C) groups is 1. The van der Waals surface area contributed by atoms with E-state index in [1.165, 1.54) is 5.56 Å². The standard InChI is InChI=1S/C18H22N4/c1-20-14-18(22-19)16-10-5-11-17(13-16)21-12-6-9-15-7-3-2-4-8-15/h2-5,7-8,10-11,13-14,21-22H,1,6,9,12,19H2/b18-14-. The number of nitrogens with zero attached hydrogens (tertiary/aromatic N) is 1. The van der Waals surface area contributed by atoms with Crippen LogP contribution in [0.15, 0.2) is 65.8 Å². The largest absolute Gasteiger partial charge is 0.385 e. The van der Waals surface area contributed by atoms with Gasteiger partial charge in [-0.2, -0.15) is 0 Å². The molecule has 2 aromatic carbocycles. The van der Waals surface area contributed by atoms with E-state index in [9.17, 15) is 0 Å². The van der Waals surface area contributed by atoms with Gasteiger partial charge >= 0.3 is 0 Å². The smallest absolute Gasteiger partial charge is 0.0742 e. The van der Waals surface area contributed by atoms with Gasteiger partial charge in [-0.15, -0.1) is 0 Å². The van der Waals surface area contributed by atoms with Crippen LogP contribution in [0.4, 0.5) is 5.69 Å². The third-order valence-corrected chi connectivity index (χ3v) is 3.36. The summed E-state index contributed by atoms with van der Waals surface area (Å²) in [6, 6.07) is 18.6. The van der Waals surface area contributed by atoms with Crippen molar-refractivity contribution in [2.24, 2.45) is 10.8 Å². The molecule has 0 aliphatic heterocycles. The predicted molar refractivity (Wildman–Crippen MR) is 94.5 cm³/mol. The van der Waals surface area contributed by atoms with Crippen LogP contribution in [0, 0.1) is 0 Å². The number of hydrogen-bond donors (Lipinski definition) is 3. The molecule has 0 amide bonds. The van der Waals surface area contributed by atoms with Crippen molar-refractivity contribution >= 4 is 18.1 Å². The number of anilines is 1. The van der Waals surface area contributed by atoms with Crippen LogP contribution in [0.3, 0.4) is 0 Å². The predicted octanol–water partition coefficient (Wildman–Crippen LogP) is 3.19. The van der Waals surface area contributed by atoms with Crippen molar-refractivity contribution in [3.63, 3.8) is 0 Å². The molecule has 2 aromatic rings. The zero-order valence-corrected chi connectivity index (χ0v) is 12.6. The second-order valence-electron chi connectivity index (χ2n) is 4.97. The first-order valence-corrected chi connectivity index (χ1v) is 7.34. The Labute approximate surface area is 131 Å². The van der Waals surface area contributed by atoms with Gasteiger partial charge in [-0.05, 0) is 37.3 Å². The summed E-state index contributed by atoms with van der Waals surface area (Å²) in [4.78, 5) is 3.75. The molecule has 0 aliphatic carbocycles. The molecule has 0 bridgehead atoms. The van der Waals surface area contributed by atoms with E-state index in [1.807, 2.05) is 30.3 Å². The average Bonchev–Trinajstić information content (AvgIpc) is 2.58. The van der Waals surface area contributed by atoms with Crippen molar-refractivity contribution in [1.82, 2.24) is 5.43 Å². The molecule has 0 heterocycles. The zero-order chi connectivity index (χ0) is 15.6. The SMILES string of the molecule is C=N/C=C(\NN)c1cccc(NCCCc2ccccc2)c1. The second-order valence-corrected chi connectivity index (χ2v) is 4.97. The molecule has 4 nitrogen and oxygen atoms in total. The summed E-state index contributed by atoms with van der Waals surface area (Å²) in [6.07, 6.45) is 3.76. The van der Waals surface area contributed by atoms with E-state index in [2.05, 4.69) is 46.7 Å². The van der Waals surface area contributed by atoms with Gasteiger partial charge in [-0.25, -0.2) is 0 Å². The fourth-order valence-electron chi connectivity index (χ4n) is 2.25. The molecule has 0 atom stereocenters. The van der Waals surface area contributed by atoms with E-state index in [0.717, 1.165) is 36.3 Å². The third-order valence-electron chi connectivity index (χ3n) is 3.36. The molecule has 4 heteroatoms. The summed E-state index contributed by atoms with van der Waals surface area (Å²) >= 11 is 0. The Morgan fingerprint density at radius 3 is 2.68 bits per heavy atom. The molecule has 114 valence electrons. The molecule has 0 unspecified atom stereocenters. The maximum atomic E-state index is 5.50. The number of benzene rings is 2. The summed E-state index contributed by atoms with van der Waals surface area (Å²) < 4.78 is 0. The third kappa shape index (κ3) is 4.75. The highest BCUT2D eigenvalue weighted by atomic mass is 15.2. The minimum Gasteiger partial charge on any atom is -0.385 e. The fraction of sp³-hybridized carbons (Fsp3) is 0.167. The van der Waals surface area contributed by atoms with E-state index in [0.29, 0.717) is 0 Å². The van der Waals surface area contributed by atoms with E-state index < -0.39 is 0 Å². The first kappa shape index (κ1) is 15.8. The minimum atomic E-state index is 0.739. The fourth-order valence-corrected chi connectivity index (χ4v) is 2.25. The average molecular weight is 294 g/mol. The maximum Gasteiger partial charge on any atom is 0.0742 e. The molecular formula is C18H22N4. The number of rotatable bonds is 8. The monoisotopic (exact) mass is 294 g/mol. The molecule has 22 heavy (non-hydrogen) atoms. The lowest BCUT2D eigenvalue weighted by molar-refractivity contribution is 0.863. The highest BCUT2D eigenvalue weighted by molar-refractivity contribution is 5.67. The van der Waals surface area contributed by atoms with Gasteiger partial charge in [0.25, 0.3) is 0 Å². The summed E-state index contributed by atoms with van der Waals surface area (Å²) in [6.45, 7) is 4.37. The molecule has 0 aliphatic rings. The number of aryl methyl sites for hydroxylation is 1. The van der Waals surface area contributed by atoms with Gasteiger partial charge in [0.1, 0.15) is 0 Å². The lowest BCUT2D eigenvalue weighted by Gasteiger charge is -2.10. The first-order valence-electron chi connectivity index (χ1n) is 7.34. The van der Waals surface area contributed by atoms with Gasteiger partial charge in [0.05, 0.1) is 11.9 Å². The summed E-state index contributed by atoms with van der Waals surface area (Å²) in [5.41, 5.74) is 6.78. The summed E-state index contributed by atoms with van der Waals surface area (Å²) in [7, 11) is 0. The Bertz CT molecular complexity index is 620. The first-order chi connectivity index (χ1) is 10.8. The summed E-state index contributed by atoms with van der Waals surface area (Å²) in [5.74, 6) is 5.50. The summed E-state index contributed by atoms with van der Waals surface area (Å²) in [5, 5.41) is 3.43. The van der Waals surface area contributed by atoms with Crippen LogP contribution < -0.4 is 16.6 Å². The van der Waals surface area contributed by atoms with Crippen LogP contribution in [0.1, 0.15) is 17.5 Å². The Morgan fingerprint density at radius 2 is 1.95 bits per heavy atom. The molecule has 0 radical (unpaired) electrons. The Balaban J connectivity index is 1.88. The maximum absolute atomic E-state index is 5.50. The lowest BCUT2D eigenvalue weighted by atomic mass is 10.1.